The van der Waals surface area contributed by atoms with Crippen LogP contribution in [0.4, 0.5) is 0 Å². The van der Waals surface area contributed by atoms with E-state index in [0.29, 0.717) is 31.9 Å². The molecule has 0 unspecified atom stereocenters. The summed E-state index contributed by atoms with van der Waals surface area (Å²) in [6.45, 7) is 5.67. The van der Waals surface area contributed by atoms with Crippen molar-refractivity contribution in [2.75, 3.05) is 19.7 Å². The van der Waals surface area contributed by atoms with Crippen LogP contribution in [-0.2, 0) is 23.0 Å². The van der Waals surface area contributed by atoms with Gasteiger partial charge in [0.25, 0.3) is 0 Å². The number of aryl methyl sites for hydroxylation is 1. The van der Waals surface area contributed by atoms with Crippen molar-refractivity contribution in [2.24, 2.45) is 7.05 Å². The average Bonchev–Trinajstić information content (AvgIpc) is 3.17. The molecule has 0 radical (unpaired) electrons. The van der Waals surface area contributed by atoms with Gasteiger partial charge < -0.3 is 9.64 Å². The van der Waals surface area contributed by atoms with E-state index in [1.54, 1.807) is 10.9 Å². The fraction of sp³-hybridized carbons (Fsp3) is 0.600. The van der Waals surface area contributed by atoms with Gasteiger partial charge in [-0.3, -0.25) is 14.6 Å². The van der Waals surface area contributed by atoms with E-state index in [0.717, 1.165) is 11.4 Å². The zero-order chi connectivity index (χ0) is 16.4. The SMILES string of the molecule is CC(C)c1n[nH]c([C@@H]2CN(C(=O)Cc3cnn(C)c3)CCO2)n1. The number of rotatable bonds is 4. The van der Waals surface area contributed by atoms with Gasteiger partial charge in [0.15, 0.2) is 11.6 Å². The molecule has 1 fully saturated rings. The molecule has 1 aliphatic heterocycles. The molecule has 1 amide bonds. The average molecular weight is 318 g/mol. The maximum atomic E-state index is 12.5. The summed E-state index contributed by atoms with van der Waals surface area (Å²) in [6.07, 6.45) is 3.69. The van der Waals surface area contributed by atoms with Crippen LogP contribution in [0.3, 0.4) is 0 Å². The van der Waals surface area contributed by atoms with Gasteiger partial charge in [0.1, 0.15) is 6.10 Å². The molecular formula is C15H22N6O2. The summed E-state index contributed by atoms with van der Waals surface area (Å²) < 4.78 is 7.45. The maximum Gasteiger partial charge on any atom is 0.227 e. The number of hydrogen-bond donors (Lipinski definition) is 1. The van der Waals surface area contributed by atoms with Crippen molar-refractivity contribution < 1.29 is 9.53 Å². The number of carbonyl (C=O) groups is 1. The van der Waals surface area contributed by atoms with E-state index in [9.17, 15) is 4.79 Å². The highest BCUT2D eigenvalue weighted by Gasteiger charge is 2.28. The molecule has 0 aromatic carbocycles. The first-order valence-corrected chi connectivity index (χ1v) is 7.82. The Labute approximate surface area is 134 Å². The quantitative estimate of drug-likeness (QED) is 0.901. The lowest BCUT2D eigenvalue weighted by atomic mass is 10.2. The number of amides is 1. The van der Waals surface area contributed by atoms with Gasteiger partial charge in [-0.15, -0.1) is 0 Å². The predicted octanol–water partition coefficient (Wildman–Crippen LogP) is 0.804. The van der Waals surface area contributed by atoms with Gasteiger partial charge in [-0.1, -0.05) is 13.8 Å². The fourth-order valence-corrected chi connectivity index (χ4v) is 2.58. The summed E-state index contributed by atoms with van der Waals surface area (Å²) in [7, 11) is 1.84. The summed E-state index contributed by atoms with van der Waals surface area (Å²) in [5, 5.41) is 11.2. The molecule has 2 aromatic rings. The predicted molar refractivity (Wildman–Crippen MR) is 82.7 cm³/mol. The number of carbonyl (C=O) groups excluding carboxylic acids is 1. The molecule has 3 heterocycles. The van der Waals surface area contributed by atoms with Crippen LogP contribution < -0.4 is 0 Å². The molecule has 1 aliphatic rings. The third-order valence-corrected chi connectivity index (χ3v) is 3.87. The molecule has 1 N–H and O–H groups in total. The highest BCUT2D eigenvalue weighted by Crippen LogP contribution is 2.21. The van der Waals surface area contributed by atoms with E-state index < -0.39 is 0 Å². The lowest BCUT2D eigenvalue weighted by Crippen LogP contribution is -2.43. The highest BCUT2D eigenvalue weighted by molar-refractivity contribution is 5.78. The van der Waals surface area contributed by atoms with Crippen molar-refractivity contribution in [3.05, 3.63) is 29.6 Å². The van der Waals surface area contributed by atoms with Crippen LogP contribution in [-0.4, -0.2) is 55.5 Å². The minimum Gasteiger partial charge on any atom is -0.367 e. The van der Waals surface area contributed by atoms with Gasteiger partial charge in [0, 0.05) is 25.7 Å². The lowest BCUT2D eigenvalue weighted by Gasteiger charge is -2.31. The first-order valence-electron chi connectivity index (χ1n) is 7.82. The molecule has 0 aliphatic carbocycles. The fourth-order valence-electron chi connectivity index (χ4n) is 2.58. The first-order chi connectivity index (χ1) is 11.0. The Kier molecular flexibility index (Phi) is 4.42. The molecule has 0 spiro atoms. The lowest BCUT2D eigenvalue weighted by molar-refractivity contribution is -0.138. The van der Waals surface area contributed by atoms with Crippen LogP contribution in [0.1, 0.15) is 43.1 Å². The van der Waals surface area contributed by atoms with Crippen molar-refractivity contribution in [2.45, 2.75) is 32.3 Å². The Morgan fingerprint density at radius 3 is 3.00 bits per heavy atom. The Morgan fingerprint density at radius 1 is 1.52 bits per heavy atom. The molecule has 0 saturated carbocycles. The molecule has 2 aromatic heterocycles. The smallest absolute Gasteiger partial charge is 0.227 e. The first kappa shape index (κ1) is 15.7. The Balaban J connectivity index is 1.64. The second-order valence-electron chi connectivity index (χ2n) is 6.13. The second kappa shape index (κ2) is 6.49. The molecule has 1 saturated heterocycles. The summed E-state index contributed by atoms with van der Waals surface area (Å²) in [5.41, 5.74) is 0.919. The zero-order valence-corrected chi connectivity index (χ0v) is 13.7. The standard InChI is InChI=1S/C15H22N6O2/c1-10(2)14-17-15(19-18-14)12-9-21(4-5-23-12)13(22)6-11-7-16-20(3)8-11/h7-8,10,12H,4-6,9H2,1-3H3,(H,17,18,19)/t12-/m0/s1. The van der Waals surface area contributed by atoms with E-state index in [-0.39, 0.29) is 17.9 Å². The van der Waals surface area contributed by atoms with Crippen LogP contribution in [0.25, 0.3) is 0 Å². The third kappa shape index (κ3) is 3.58. The van der Waals surface area contributed by atoms with Gasteiger partial charge in [0.05, 0.1) is 25.8 Å². The molecular weight excluding hydrogens is 296 g/mol. The largest absolute Gasteiger partial charge is 0.367 e. The molecule has 124 valence electrons. The van der Waals surface area contributed by atoms with E-state index in [1.165, 1.54) is 0 Å². The van der Waals surface area contributed by atoms with Crippen molar-refractivity contribution in [3.8, 4) is 0 Å². The molecule has 8 nitrogen and oxygen atoms in total. The van der Waals surface area contributed by atoms with E-state index in [1.807, 2.05) is 32.0 Å². The van der Waals surface area contributed by atoms with Crippen molar-refractivity contribution >= 4 is 5.91 Å². The van der Waals surface area contributed by atoms with Gasteiger partial charge in [-0.2, -0.15) is 10.2 Å². The normalized spacial score (nSPS) is 18.6. The van der Waals surface area contributed by atoms with Crippen LogP contribution >= 0.6 is 0 Å². The number of hydrogen-bond acceptors (Lipinski definition) is 5. The van der Waals surface area contributed by atoms with Gasteiger partial charge >= 0.3 is 0 Å². The second-order valence-corrected chi connectivity index (χ2v) is 6.13. The number of H-pyrrole nitrogens is 1. The maximum absolute atomic E-state index is 12.5. The number of aromatic amines is 1. The molecule has 0 bridgehead atoms. The Hall–Kier alpha value is -2.22. The number of aromatic nitrogens is 5. The van der Waals surface area contributed by atoms with Crippen molar-refractivity contribution in [1.29, 1.82) is 0 Å². The molecule has 23 heavy (non-hydrogen) atoms. The number of nitrogens with zero attached hydrogens (tertiary/aromatic N) is 5. The third-order valence-electron chi connectivity index (χ3n) is 3.87. The Bertz CT molecular complexity index is 677. The van der Waals surface area contributed by atoms with Crippen LogP contribution in [0.2, 0.25) is 0 Å². The molecule has 3 rings (SSSR count). The van der Waals surface area contributed by atoms with E-state index in [2.05, 4.69) is 20.3 Å². The summed E-state index contributed by atoms with van der Waals surface area (Å²) in [6, 6.07) is 0. The number of morpholine rings is 1. The number of nitrogens with one attached hydrogen (secondary N) is 1. The molecule has 8 heteroatoms. The van der Waals surface area contributed by atoms with Crippen LogP contribution in [0, 0.1) is 0 Å². The van der Waals surface area contributed by atoms with E-state index >= 15 is 0 Å². The highest BCUT2D eigenvalue weighted by atomic mass is 16.5. The monoisotopic (exact) mass is 318 g/mol. The minimum absolute atomic E-state index is 0.0786. The van der Waals surface area contributed by atoms with Crippen molar-refractivity contribution in [3.63, 3.8) is 0 Å². The van der Waals surface area contributed by atoms with Gasteiger partial charge in [-0.25, -0.2) is 4.98 Å². The topological polar surface area (TPSA) is 88.9 Å². The zero-order valence-electron chi connectivity index (χ0n) is 13.7. The summed E-state index contributed by atoms with van der Waals surface area (Å²) in [5.74, 6) is 1.79. The van der Waals surface area contributed by atoms with Gasteiger partial charge in [0.2, 0.25) is 5.91 Å². The minimum atomic E-state index is -0.249. The van der Waals surface area contributed by atoms with Crippen LogP contribution in [0.5, 0.6) is 0 Å². The number of ether oxygens (including phenoxy) is 1. The van der Waals surface area contributed by atoms with Gasteiger partial charge in [-0.05, 0) is 5.56 Å². The van der Waals surface area contributed by atoms with Crippen molar-refractivity contribution in [1.82, 2.24) is 29.9 Å². The summed E-state index contributed by atoms with van der Waals surface area (Å²) in [4.78, 5) is 18.7. The Morgan fingerprint density at radius 2 is 2.35 bits per heavy atom. The summed E-state index contributed by atoms with van der Waals surface area (Å²) >= 11 is 0. The van der Waals surface area contributed by atoms with E-state index in [4.69, 9.17) is 4.74 Å². The molecule has 1 atom stereocenters. The van der Waals surface area contributed by atoms with Crippen LogP contribution in [0.15, 0.2) is 12.4 Å².